The lowest BCUT2D eigenvalue weighted by molar-refractivity contribution is 0.0690. The topological polar surface area (TPSA) is 115 Å². The minimum Gasteiger partial charge on any atom is -0.477 e. The number of aromatic carboxylic acids is 1. The van der Waals surface area contributed by atoms with E-state index in [9.17, 15) is 9.59 Å². The Morgan fingerprint density at radius 2 is 2.00 bits per heavy atom. The number of nitrogens with one attached hydrogen (secondary N) is 3. The summed E-state index contributed by atoms with van der Waals surface area (Å²) in [5.74, 6) is -1.06. The Hall–Kier alpha value is -3.09. The lowest BCUT2D eigenvalue weighted by Gasteiger charge is -2.00. The summed E-state index contributed by atoms with van der Waals surface area (Å²) in [7, 11) is 0. The third-order valence-electron chi connectivity index (χ3n) is 2.87. The molecule has 0 unspecified atom stereocenters. The van der Waals surface area contributed by atoms with Crippen LogP contribution in [0, 0.1) is 0 Å². The first-order valence-electron chi connectivity index (χ1n) is 5.81. The van der Waals surface area contributed by atoms with Gasteiger partial charge in [0.05, 0.1) is 11.4 Å². The smallest absolute Gasteiger partial charge is 0.353 e. The average Bonchev–Trinajstić information content (AvgIpc) is 3.07. The number of imidazole rings is 1. The molecule has 2 heterocycles. The monoisotopic (exact) mass is 270 g/mol. The molecule has 0 amide bonds. The fourth-order valence-corrected chi connectivity index (χ4v) is 1.91. The molecule has 0 aliphatic rings. The molecule has 1 aromatic carbocycles. The first-order valence-corrected chi connectivity index (χ1v) is 5.81. The molecule has 3 aromatic rings. The Bertz CT molecular complexity index is 828. The zero-order chi connectivity index (χ0) is 14.1. The Kier molecular flexibility index (Phi) is 2.72. The van der Waals surface area contributed by atoms with Crippen LogP contribution in [-0.2, 0) is 0 Å². The summed E-state index contributed by atoms with van der Waals surface area (Å²) < 4.78 is 0. The third kappa shape index (κ3) is 2.12. The number of nitrogens with zero attached hydrogens (tertiary/aromatic N) is 1. The van der Waals surface area contributed by atoms with Gasteiger partial charge in [-0.05, 0) is 12.1 Å². The number of hydrogen-bond acceptors (Lipinski definition) is 3. The lowest BCUT2D eigenvalue weighted by Crippen LogP contribution is -1.99. The number of aromatic amines is 3. The van der Waals surface area contributed by atoms with Crippen molar-refractivity contribution < 1.29 is 9.90 Å². The number of hydrogen-bond donors (Lipinski definition) is 4. The lowest BCUT2D eigenvalue weighted by atomic mass is 10.1. The van der Waals surface area contributed by atoms with Crippen molar-refractivity contribution in [3.8, 4) is 22.5 Å². The maximum Gasteiger partial charge on any atom is 0.353 e. The van der Waals surface area contributed by atoms with E-state index in [4.69, 9.17) is 5.11 Å². The summed E-state index contributed by atoms with van der Waals surface area (Å²) in [6, 6.07) is 8.75. The molecule has 0 radical (unpaired) electrons. The van der Waals surface area contributed by atoms with Crippen LogP contribution in [-0.4, -0.2) is 31.2 Å². The molecule has 0 aliphatic carbocycles. The first kappa shape index (κ1) is 12.0. The van der Waals surface area contributed by atoms with Crippen molar-refractivity contribution in [3.63, 3.8) is 0 Å². The summed E-state index contributed by atoms with van der Waals surface area (Å²) in [4.78, 5) is 27.1. The van der Waals surface area contributed by atoms with Crippen LogP contribution < -0.4 is 5.69 Å². The van der Waals surface area contributed by atoms with E-state index >= 15 is 0 Å². The molecule has 20 heavy (non-hydrogen) atoms. The second kappa shape index (κ2) is 4.54. The molecule has 0 saturated heterocycles. The maximum absolute atomic E-state index is 11.1. The minimum absolute atomic E-state index is 0.0282. The standard InChI is InChI=1S/C13H10N4O3/c18-12(19)10-5-9(16-17-10)7-2-1-3-8(4-7)11-6-14-13(20)15-11/h1-6H,(H,16,17)(H,18,19)(H2,14,15,20). The molecule has 7 nitrogen and oxygen atoms in total. The van der Waals surface area contributed by atoms with Crippen molar-refractivity contribution in [2.75, 3.05) is 0 Å². The second-order valence-corrected chi connectivity index (χ2v) is 4.21. The van der Waals surface area contributed by atoms with Crippen molar-refractivity contribution in [2.24, 2.45) is 0 Å². The van der Waals surface area contributed by atoms with Gasteiger partial charge in [0.15, 0.2) is 0 Å². The Balaban J connectivity index is 2.02. The summed E-state index contributed by atoms with van der Waals surface area (Å²) in [5.41, 5.74) is 2.50. The highest BCUT2D eigenvalue weighted by atomic mass is 16.4. The zero-order valence-corrected chi connectivity index (χ0v) is 10.2. The fourth-order valence-electron chi connectivity index (χ4n) is 1.91. The number of carbonyl (C=O) groups is 1. The van der Waals surface area contributed by atoms with Crippen LogP contribution in [0.4, 0.5) is 0 Å². The molecule has 0 spiro atoms. The number of carboxylic acid groups (broad SMARTS) is 1. The van der Waals surface area contributed by atoms with Gasteiger partial charge < -0.3 is 15.1 Å². The van der Waals surface area contributed by atoms with E-state index in [-0.39, 0.29) is 11.4 Å². The number of H-pyrrole nitrogens is 3. The Morgan fingerprint density at radius 1 is 1.20 bits per heavy atom. The van der Waals surface area contributed by atoms with Gasteiger partial charge in [0.2, 0.25) is 0 Å². The molecule has 100 valence electrons. The molecule has 7 heteroatoms. The van der Waals surface area contributed by atoms with Crippen LogP contribution in [0.5, 0.6) is 0 Å². The van der Waals surface area contributed by atoms with Gasteiger partial charge in [-0.3, -0.25) is 5.10 Å². The van der Waals surface area contributed by atoms with Gasteiger partial charge in [-0.15, -0.1) is 0 Å². The number of aromatic nitrogens is 4. The summed E-state index contributed by atoms with van der Waals surface area (Å²) in [6.07, 6.45) is 1.58. The van der Waals surface area contributed by atoms with Gasteiger partial charge in [0.1, 0.15) is 5.69 Å². The molecule has 0 saturated carbocycles. The quantitative estimate of drug-likeness (QED) is 0.576. The van der Waals surface area contributed by atoms with E-state index < -0.39 is 5.97 Å². The van der Waals surface area contributed by atoms with Crippen molar-refractivity contribution >= 4 is 5.97 Å². The zero-order valence-electron chi connectivity index (χ0n) is 10.2. The molecule has 3 rings (SSSR count). The van der Waals surface area contributed by atoms with Crippen molar-refractivity contribution in [2.45, 2.75) is 0 Å². The molecule has 4 N–H and O–H groups in total. The van der Waals surface area contributed by atoms with Gasteiger partial charge >= 0.3 is 11.7 Å². The molecule has 2 aromatic heterocycles. The third-order valence-corrected chi connectivity index (χ3v) is 2.87. The van der Waals surface area contributed by atoms with Gasteiger partial charge in [0, 0.05) is 17.3 Å². The van der Waals surface area contributed by atoms with E-state index in [0.717, 1.165) is 11.1 Å². The van der Waals surface area contributed by atoms with Crippen molar-refractivity contribution in [1.29, 1.82) is 0 Å². The number of carboxylic acids is 1. The van der Waals surface area contributed by atoms with Gasteiger partial charge in [-0.1, -0.05) is 18.2 Å². The van der Waals surface area contributed by atoms with Crippen LogP contribution in [0.1, 0.15) is 10.5 Å². The molecule has 0 bridgehead atoms. The van der Waals surface area contributed by atoms with Crippen LogP contribution in [0.15, 0.2) is 41.3 Å². The van der Waals surface area contributed by atoms with Gasteiger partial charge in [-0.2, -0.15) is 5.10 Å². The van der Waals surface area contributed by atoms with Crippen molar-refractivity contribution in [1.82, 2.24) is 20.2 Å². The average molecular weight is 270 g/mol. The predicted octanol–water partition coefficient (Wildman–Crippen LogP) is 1.46. The molecular formula is C13H10N4O3. The van der Waals surface area contributed by atoms with Crippen LogP contribution in [0.2, 0.25) is 0 Å². The second-order valence-electron chi connectivity index (χ2n) is 4.21. The SMILES string of the molecule is O=C(O)c1cc(-c2cccc(-c3c[nH]c(=O)[nH]3)c2)n[nH]1. The van der Waals surface area contributed by atoms with Crippen LogP contribution in [0.3, 0.4) is 0 Å². The first-order chi connectivity index (χ1) is 9.63. The highest BCUT2D eigenvalue weighted by Gasteiger charge is 2.10. The molecule has 0 aliphatic heterocycles. The summed E-state index contributed by atoms with van der Waals surface area (Å²) in [5, 5.41) is 15.3. The van der Waals surface area contributed by atoms with E-state index in [2.05, 4.69) is 20.2 Å². The van der Waals surface area contributed by atoms with E-state index in [1.165, 1.54) is 6.07 Å². The van der Waals surface area contributed by atoms with Crippen molar-refractivity contribution in [3.05, 3.63) is 52.7 Å². The Labute approximate surface area is 112 Å². The fraction of sp³-hybridized carbons (Fsp3) is 0. The van der Waals surface area contributed by atoms with E-state index in [1.807, 2.05) is 24.3 Å². The van der Waals surface area contributed by atoms with Crippen LogP contribution >= 0.6 is 0 Å². The highest BCUT2D eigenvalue weighted by Crippen LogP contribution is 2.23. The van der Waals surface area contributed by atoms with E-state index in [1.54, 1.807) is 6.20 Å². The largest absolute Gasteiger partial charge is 0.477 e. The Morgan fingerprint density at radius 3 is 2.65 bits per heavy atom. The highest BCUT2D eigenvalue weighted by molar-refractivity contribution is 5.87. The molecule has 0 fully saturated rings. The summed E-state index contributed by atoms with van der Waals surface area (Å²) >= 11 is 0. The van der Waals surface area contributed by atoms with Gasteiger partial charge in [0.25, 0.3) is 0 Å². The molecular weight excluding hydrogens is 260 g/mol. The molecule has 0 atom stereocenters. The number of benzene rings is 1. The minimum atomic E-state index is -1.06. The van der Waals surface area contributed by atoms with Gasteiger partial charge in [-0.25, -0.2) is 9.59 Å². The normalized spacial score (nSPS) is 10.6. The van der Waals surface area contributed by atoms with E-state index in [0.29, 0.717) is 11.4 Å². The predicted molar refractivity (Wildman–Crippen MR) is 71.4 cm³/mol. The number of rotatable bonds is 3. The van der Waals surface area contributed by atoms with Crippen LogP contribution in [0.25, 0.3) is 22.5 Å². The maximum atomic E-state index is 11.1. The summed E-state index contributed by atoms with van der Waals surface area (Å²) in [6.45, 7) is 0.